The predicted octanol–water partition coefficient (Wildman–Crippen LogP) is 1.51. The lowest BCUT2D eigenvalue weighted by Gasteiger charge is -2.24. The van der Waals surface area contributed by atoms with Gasteiger partial charge in [-0.2, -0.15) is 10.3 Å². The number of amides is 1. The molecule has 120 valence electrons. The molecule has 1 amide bonds. The van der Waals surface area contributed by atoms with E-state index in [2.05, 4.69) is 4.99 Å². The van der Waals surface area contributed by atoms with Crippen molar-refractivity contribution in [3.63, 3.8) is 0 Å². The quantitative estimate of drug-likeness (QED) is 0.804. The van der Waals surface area contributed by atoms with E-state index >= 15 is 0 Å². The van der Waals surface area contributed by atoms with Crippen LogP contribution in [0.25, 0.3) is 0 Å². The highest BCUT2D eigenvalue weighted by Gasteiger charge is 2.49. The van der Waals surface area contributed by atoms with Crippen LogP contribution in [0.1, 0.15) is 12.0 Å². The second-order valence-corrected chi connectivity index (χ2v) is 8.99. The summed E-state index contributed by atoms with van der Waals surface area (Å²) in [5.74, 6) is -0.351. The molecule has 0 saturated carbocycles. The van der Waals surface area contributed by atoms with Crippen LogP contribution in [-0.4, -0.2) is 42.3 Å². The van der Waals surface area contributed by atoms with E-state index in [1.165, 1.54) is 11.8 Å². The van der Waals surface area contributed by atoms with Gasteiger partial charge >= 0.3 is 0 Å². The van der Waals surface area contributed by atoms with Crippen molar-refractivity contribution in [2.24, 2.45) is 4.99 Å². The molecule has 0 radical (unpaired) electrons. The van der Waals surface area contributed by atoms with E-state index in [-0.39, 0.29) is 29.2 Å². The number of fused-ring (bicyclic) bond motifs is 1. The number of benzene rings is 1. The van der Waals surface area contributed by atoms with Gasteiger partial charge in [0.25, 0.3) is 5.91 Å². The van der Waals surface area contributed by atoms with Crippen molar-refractivity contribution in [3.05, 3.63) is 29.8 Å². The number of rotatable bonds is 2. The molecule has 8 heteroatoms. The summed E-state index contributed by atoms with van der Waals surface area (Å²) in [5.41, 5.74) is 1.87. The number of carbonyl (C=O) groups excluding carboxylic acids is 1. The van der Waals surface area contributed by atoms with Crippen molar-refractivity contribution in [2.45, 2.75) is 24.6 Å². The number of carbonyl (C=O) groups is 1. The molecule has 2 aliphatic heterocycles. The zero-order valence-corrected chi connectivity index (χ0v) is 14.1. The predicted molar refractivity (Wildman–Crippen MR) is 90.2 cm³/mol. The highest BCUT2D eigenvalue weighted by molar-refractivity contribution is 8.16. The molecule has 0 aliphatic carbocycles. The van der Waals surface area contributed by atoms with E-state index in [1.807, 2.05) is 36.1 Å². The number of nitriles is 1. The zero-order valence-electron chi connectivity index (χ0n) is 12.5. The maximum atomic E-state index is 11.9. The maximum absolute atomic E-state index is 11.9. The molecule has 2 aliphatic rings. The van der Waals surface area contributed by atoms with Gasteiger partial charge < -0.3 is 4.90 Å². The Hall–Kier alpha value is -1.85. The third-order valence-electron chi connectivity index (χ3n) is 3.80. The minimum absolute atomic E-state index is 0.0596. The number of anilines is 1. The fourth-order valence-corrected chi connectivity index (χ4v) is 6.79. The summed E-state index contributed by atoms with van der Waals surface area (Å²) in [7, 11) is -3.07. The molecule has 3 rings (SSSR count). The van der Waals surface area contributed by atoms with E-state index in [4.69, 9.17) is 5.26 Å². The molecule has 1 aromatic rings. The Morgan fingerprint density at radius 3 is 2.96 bits per heavy atom. The average molecular weight is 349 g/mol. The fourth-order valence-electron chi connectivity index (χ4n) is 2.86. The summed E-state index contributed by atoms with van der Waals surface area (Å²) in [6, 6.07) is 9.23. The number of amidine groups is 1. The third-order valence-corrected chi connectivity index (χ3v) is 7.01. The van der Waals surface area contributed by atoms with Gasteiger partial charge in [-0.05, 0) is 24.6 Å². The molecule has 0 spiro atoms. The van der Waals surface area contributed by atoms with Crippen molar-refractivity contribution in [3.8, 4) is 6.07 Å². The molecule has 0 N–H and O–H groups in total. The van der Waals surface area contributed by atoms with Gasteiger partial charge in [0, 0.05) is 10.9 Å². The largest absolute Gasteiger partial charge is 0.316 e. The number of aryl methyl sites for hydroxylation is 1. The summed E-state index contributed by atoms with van der Waals surface area (Å²) in [6.07, 6.45) is -0.278. The monoisotopic (exact) mass is 349 g/mol. The Labute approximate surface area is 139 Å². The van der Waals surface area contributed by atoms with E-state index < -0.39 is 15.7 Å². The molecule has 0 unspecified atom stereocenters. The van der Waals surface area contributed by atoms with Crippen LogP contribution in [0.2, 0.25) is 0 Å². The smallest absolute Gasteiger partial charge is 0.262 e. The number of aliphatic imine (C=N–C) groups is 1. The number of hydrogen-bond acceptors (Lipinski definition) is 5. The first-order valence-electron chi connectivity index (χ1n) is 7.11. The normalized spacial score (nSPS) is 27.0. The van der Waals surface area contributed by atoms with Crippen LogP contribution < -0.4 is 4.90 Å². The number of hydrogen-bond donors (Lipinski definition) is 0. The van der Waals surface area contributed by atoms with Gasteiger partial charge in [0.2, 0.25) is 0 Å². The second kappa shape index (κ2) is 5.98. The second-order valence-electron chi connectivity index (χ2n) is 5.63. The highest BCUT2D eigenvalue weighted by Crippen LogP contribution is 2.41. The van der Waals surface area contributed by atoms with Gasteiger partial charge in [-0.3, -0.25) is 4.79 Å². The van der Waals surface area contributed by atoms with Crippen molar-refractivity contribution in [1.82, 2.24) is 0 Å². The number of thioether (sulfide) groups is 1. The maximum Gasteiger partial charge on any atom is 0.262 e. The van der Waals surface area contributed by atoms with E-state index in [1.54, 1.807) is 6.07 Å². The number of nitrogens with zero attached hydrogens (tertiary/aromatic N) is 3. The Morgan fingerprint density at radius 1 is 1.48 bits per heavy atom. The first-order chi connectivity index (χ1) is 10.9. The summed E-state index contributed by atoms with van der Waals surface area (Å²) < 4.78 is 23.9. The fraction of sp³-hybridized carbons (Fsp3) is 0.400. The Kier molecular flexibility index (Phi) is 4.17. The summed E-state index contributed by atoms with van der Waals surface area (Å²) in [4.78, 5) is 17.6. The third kappa shape index (κ3) is 3.26. The van der Waals surface area contributed by atoms with Crippen molar-refractivity contribution >= 4 is 38.4 Å². The SMILES string of the molecule is Cc1cccc(N2C(=NC(=O)CC#N)S[C@H]3CS(=O)(=O)C[C@@H]32)c1. The topological polar surface area (TPSA) is 90.6 Å². The van der Waals surface area contributed by atoms with Gasteiger partial charge in [0.1, 0.15) is 6.42 Å². The molecule has 0 aromatic heterocycles. The molecule has 2 saturated heterocycles. The van der Waals surface area contributed by atoms with Crippen LogP contribution in [0.3, 0.4) is 0 Å². The Balaban J connectivity index is 2.01. The van der Waals surface area contributed by atoms with Crippen molar-refractivity contribution < 1.29 is 13.2 Å². The Bertz CT molecular complexity index is 827. The van der Waals surface area contributed by atoms with Gasteiger partial charge in [-0.15, -0.1) is 0 Å². The molecule has 1 aromatic carbocycles. The zero-order chi connectivity index (χ0) is 16.6. The minimum Gasteiger partial charge on any atom is -0.316 e. The molecule has 2 fully saturated rings. The van der Waals surface area contributed by atoms with Crippen molar-refractivity contribution in [2.75, 3.05) is 16.4 Å². The van der Waals surface area contributed by atoms with Gasteiger partial charge in [-0.1, -0.05) is 23.9 Å². The lowest BCUT2D eigenvalue weighted by atomic mass is 10.1. The first kappa shape index (κ1) is 16.0. The molecular formula is C15H15N3O3S2. The van der Waals surface area contributed by atoms with Crippen LogP contribution >= 0.6 is 11.8 Å². The molecule has 23 heavy (non-hydrogen) atoms. The Morgan fingerprint density at radius 2 is 2.26 bits per heavy atom. The van der Waals surface area contributed by atoms with E-state index in [9.17, 15) is 13.2 Å². The summed E-state index contributed by atoms with van der Waals surface area (Å²) in [6.45, 7) is 1.95. The standard InChI is InChI=1S/C15H15N3O3S2/c1-10-3-2-4-11(7-10)18-12-8-23(20,21)9-13(12)22-15(18)17-14(19)5-6-16/h2-4,7,12-13H,5,8-9H2,1H3/t12-,13-/m0/s1. The highest BCUT2D eigenvalue weighted by atomic mass is 32.2. The molecule has 2 atom stereocenters. The molecular weight excluding hydrogens is 334 g/mol. The average Bonchev–Trinajstić information content (AvgIpc) is 2.89. The van der Waals surface area contributed by atoms with E-state index in [0.29, 0.717) is 5.17 Å². The van der Waals surface area contributed by atoms with Gasteiger partial charge in [-0.25, -0.2) is 8.42 Å². The van der Waals surface area contributed by atoms with Crippen LogP contribution in [0, 0.1) is 18.3 Å². The van der Waals surface area contributed by atoms with Crippen LogP contribution in [0.4, 0.5) is 5.69 Å². The molecule has 2 heterocycles. The lowest BCUT2D eigenvalue weighted by molar-refractivity contribution is -0.116. The number of sulfone groups is 1. The lowest BCUT2D eigenvalue weighted by Crippen LogP contribution is -2.37. The summed E-state index contributed by atoms with van der Waals surface area (Å²) >= 11 is 1.31. The van der Waals surface area contributed by atoms with Crippen LogP contribution in [0.5, 0.6) is 0 Å². The van der Waals surface area contributed by atoms with Crippen LogP contribution in [-0.2, 0) is 14.6 Å². The first-order valence-corrected chi connectivity index (χ1v) is 9.81. The minimum atomic E-state index is -3.07. The van der Waals surface area contributed by atoms with Crippen molar-refractivity contribution in [1.29, 1.82) is 5.26 Å². The molecule has 0 bridgehead atoms. The van der Waals surface area contributed by atoms with E-state index in [0.717, 1.165) is 11.3 Å². The van der Waals surface area contributed by atoms with Crippen LogP contribution in [0.15, 0.2) is 29.3 Å². The molecule has 6 nitrogen and oxygen atoms in total. The summed E-state index contributed by atoms with van der Waals surface area (Å²) in [5, 5.41) is 8.98. The van der Waals surface area contributed by atoms with Gasteiger partial charge in [0.05, 0.1) is 23.6 Å². The van der Waals surface area contributed by atoms with Gasteiger partial charge in [0.15, 0.2) is 15.0 Å².